The predicted molar refractivity (Wildman–Crippen MR) is 88.7 cm³/mol. The molecule has 1 aromatic carbocycles. The number of hydrogen-bond donors (Lipinski definition) is 0. The van der Waals surface area contributed by atoms with E-state index in [1.54, 1.807) is 7.11 Å². The van der Waals surface area contributed by atoms with Gasteiger partial charge in [-0.2, -0.15) is 0 Å². The second-order valence-corrected chi connectivity index (χ2v) is 5.35. The van der Waals surface area contributed by atoms with Crippen LogP contribution in [0.4, 0.5) is 0 Å². The fourth-order valence-electron chi connectivity index (χ4n) is 2.15. The molecule has 5 nitrogen and oxygen atoms in total. The number of methoxy groups -OCH3 is 1. The van der Waals surface area contributed by atoms with Crippen LogP contribution in [0.3, 0.4) is 0 Å². The Morgan fingerprint density at radius 1 is 1.13 bits per heavy atom. The van der Waals surface area contributed by atoms with Crippen molar-refractivity contribution in [3.05, 3.63) is 29.8 Å². The third-order valence-electron chi connectivity index (χ3n) is 3.54. The van der Waals surface area contributed by atoms with E-state index in [4.69, 9.17) is 18.9 Å². The molecule has 0 saturated carbocycles. The molecule has 130 valence electrons. The van der Waals surface area contributed by atoms with Crippen LogP contribution in [0.2, 0.25) is 0 Å². The maximum Gasteiger partial charge on any atom is 0.122 e. The Balaban J connectivity index is 2.32. The molecule has 0 bridgehead atoms. The van der Waals surface area contributed by atoms with Crippen molar-refractivity contribution in [2.45, 2.75) is 33.0 Å². The van der Waals surface area contributed by atoms with Gasteiger partial charge in [-0.3, -0.25) is 0 Å². The number of benzene rings is 1. The zero-order valence-corrected chi connectivity index (χ0v) is 14.3. The normalized spacial score (nSPS) is 13.5. The molecular formula is C18H28O5. The van der Waals surface area contributed by atoms with Crippen molar-refractivity contribution >= 4 is 6.29 Å². The number of rotatable bonds is 13. The minimum Gasteiger partial charge on any atom is -0.497 e. The molecule has 23 heavy (non-hydrogen) atoms. The van der Waals surface area contributed by atoms with Gasteiger partial charge in [0.2, 0.25) is 0 Å². The lowest BCUT2D eigenvalue weighted by Crippen LogP contribution is -2.27. The zero-order chi connectivity index (χ0) is 16.9. The highest BCUT2D eigenvalue weighted by atomic mass is 16.5. The third-order valence-corrected chi connectivity index (χ3v) is 3.54. The van der Waals surface area contributed by atoms with Crippen molar-refractivity contribution in [3.8, 4) is 5.75 Å². The van der Waals surface area contributed by atoms with Gasteiger partial charge in [-0.15, -0.1) is 0 Å². The van der Waals surface area contributed by atoms with E-state index >= 15 is 0 Å². The molecule has 1 rings (SSSR count). The molecule has 0 aliphatic rings. The Kier molecular flexibility index (Phi) is 10.3. The summed E-state index contributed by atoms with van der Waals surface area (Å²) in [4.78, 5) is 10.8. The van der Waals surface area contributed by atoms with Gasteiger partial charge in [0.1, 0.15) is 12.0 Å². The Morgan fingerprint density at radius 3 is 2.48 bits per heavy atom. The van der Waals surface area contributed by atoms with E-state index in [0.717, 1.165) is 17.6 Å². The van der Waals surface area contributed by atoms with Crippen molar-refractivity contribution < 1.29 is 23.7 Å². The maximum atomic E-state index is 10.8. The van der Waals surface area contributed by atoms with Crippen molar-refractivity contribution in [2.75, 3.05) is 33.5 Å². The van der Waals surface area contributed by atoms with Crippen LogP contribution in [0.25, 0.3) is 0 Å². The molecule has 0 aliphatic carbocycles. The molecule has 0 amide bonds. The molecule has 2 atom stereocenters. The Bertz CT molecular complexity index is 418. The number of carbonyl (C=O) groups is 1. The van der Waals surface area contributed by atoms with Crippen molar-refractivity contribution in [1.82, 2.24) is 0 Å². The molecule has 0 aromatic heterocycles. The van der Waals surface area contributed by atoms with Crippen LogP contribution in [0.1, 0.15) is 25.8 Å². The van der Waals surface area contributed by atoms with Crippen LogP contribution in [0.5, 0.6) is 5.75 Å². The Morgan fingerprint density at radius 2 is 1.87 bits per heavy atom. The molecular weight excluding hydrogens is 296 g/mol. The molecule has 1 aromatic rings. The van der Waals surface area contributed by atoms with Crippen LogP contribution in [0.15, 0.2) is 24.3 Å². The lowest BCUT2D eigenvalue weighted by Gasteiger charge is -2.22. The second-order valence-electron chi connectivity index (χ2n) is 5.35. The minimum atomic E-state index is -0.135. The van der Waals surface area contributed by atoms with Crippen LogP contribution in [-0.2, 0) is 25.6 Å². The summed E-state index contributed by atoms with van der Waals surface area (Å²) in [6.45, 7) is 6.75. The first-order valence-electron chi connectivity index (χ1n) is 8.04. The highest BCUT2D eigenvalue weighted by Crippen LogP contribution is 2.15. The van der Waals surface area contributed by atoms with E-state index in [1.165, 1.54) is 0 Å². The van der Waals surface area contributed by atoms with Gasteiger partial charge in [0.05, 0.1) is 39.6 Å². The molecule has 0 N–H and O–H groups in total. The summed E-state index contributed by atoms with van der Waals surface area (Å²) in [6.07, 6.45) is 1.13. The van der Waals surface area contributed by atoms with E-state index in [2.05, 4.69) is 0 Å². The Labute approximate surface area is 138 Å². The fourth-order valence-corrected chi connectivity index (χ4v) is 2.15. The molecule has 0 fully saturated rings. The van der Waals surface area contributed by atoms with Crippen LogP contribution >= 0.6 is 0 Å². The van der Waals surface area contributed by atoms with E-state index in [1.807, 2.05) is 38.1 Å². The van der Waals surface area contributed by atoms with Gasteiger partial charge in [-0.25, -0.2) is 0 Å². The SMILES string of the molecule is CCOCCO[C@@H](CC=O)[C@@H](C)COCc1ccc(OC)cc1. The van der Waals surface area contributed by atoms with Crippen LogP contribution in [-0.4, -0.2) is 45.9 Å². The van der Waals surface area contributed by atoms with Crippen molar-refractivity contribution in [3.63, 3.8) is 0 Å². The van der Waals surface area contributed by atoms with E-state index in [0.29, 0.717) is 39.5 Å². The molecule has 5 heteroatoms. The smallest absolute Gasteiger partial charge is 0.122 e. The van der Waals surface area contributed by atoms with Gasteiger partial charge in [0, 0.05) is 18.9 Å². The van der Waals surface area contributed by atoms with Gasteiger partial charge < -0.3 is 23.7 Å². The molecule has 0 unspecified atom stereocenters. The lowest BCUT2D eigenvalue weighted by molar-refractivity contribution is -0.113. The number of carbonyl (C=O) groups excluding carboxylic acids is 1. The summed E-state index contributed by atoms with van der Waals surface area (Å²) in [7, 11) is 1.64. The highest BCUT2D eigenvalue weighted by molar-refractivity contribution is 5.50. The summed E-state index contributed by atoms with van der Waals surface area (Å²) < 4.78 is 21.8. The molecule has 0 saturated heterocycles. The summed E-state index contributed by atoms with van der Waals surface area (Å²) in [5.41, 5.74) is 1.09. The predicted octanol–water partition coefficient (Wildman–Crippen LogP) is 2.86. The van der Waals surface area contributed by atoms with E-state index < -0.39 is 0 Å². The molecule has 0 radical (unpaired) electrons. The second kappa shape index (κ2) is 12.0. The topological polar surface area (TPSA) is 54.0 Å². The molecule has 0 spiro atoms. The van der Waals surface area contributed by atoms with Gasteiger partial charge in [0.25, 0.3) is 0 Å². The number of ether oxygens (including phenoxy) is 4. The Hall–Kier alpha value is -1.43. The standard InChI is InChI=1S/C18H28O5/c1-4-21-11-12-23-18(9-10-19)15(2)13-22-14-16-5-7-17(20-3)8-6-16/h5-8,10,15,18H,4,9,11-14H2,1-3H3/t15-,18-/m0/s1. The monoisotopic (exact) mass is 324 g/mol. The average Bonchev–Trinajstić information content (AvgIpc) is 2.58. The maximum absolute atomic E-state index is 10.8. The zero-order valence-electron chi connectivity index (χ0n) is 14.3. The highest BCUT2D eigenvalue weighted by Gasteiger charge is 2.18. The summed E-state index contributed by atoms with van der Waals surface area (Å²) >= 11 is 0. The van der Waals surface area contributed by atoms with Crippen molar-refractivity contribution in [2.24, 2.45) is 5.92 Å². The quantitative estimate of drug-likeness (QED) is 0.412. The lowest BCUT2D eigenvalue weighted by atomic mass is 10.0. The first-order valence-corrected chi connectivity index (χ1v) is 8.04. The third kappa shape index (κ3) is 8.11. The molecule has 0 heterocycles. The van der Waals surface area contributed by atoms with Gasteiger partial charge in [-0.05, 0) is 24.6 Å². The summed E-state index contributed by atoms with van der Waals surface area (Å²) in [6, 6.07) is 7.78. The van der Waals surface area contributed by atoms with E-state index in [9.17, 15) is 4.79 Å². The first kappa shape index (κ1) is 19.6. The van der Waals surface area contributed by atoms with Gasteiger partial charge in [-0.1, -0.05) is 19.1 Å². The van der Waals surface area contributed by atoms with Crippen molar-refractivity contribution in [1.29, 1.82) is 0 Å². The van der Waals surface area contributed by atoms with Crippen LogP contribution in [0, 0.1) is 5.92 Å². The minimum absolute atomic E-state index is 0.135. The van der Waals surface area contributed by atoms with Gasteiger partial charge in [0.15, 0.2) is 0 Å². The van der Waals surface area contributed by atoms with Crippen LogP contribution < -0.4 is 4.74 Å². The summed E-state index contributed by atoms with van der Waals surface area (Å²) in [5, 5.41) is 0. The number of hydrogen-bond acceptors (Lipinski definition) is 5. The number of aldehydes is 1. The van der Waals surface area contributed by atoms with E-state index in [-0.39, 0.29) is 12.0 Å². The molecule has 0 aliphatic heterocycles. The largest absolute Gasteiger partial charge is 0.497 e. The van der Waals surface area contributed by atoms with Gasteiger partial charge >= 0.3 is 0 Å². The first-order chi connectivity index (χ1) is 11.2. The summed E-state index contributed by atoms with van der Waals surface area (Å²) in [5.74, 6) is 0.968. The fraction of sp³-hybridized carbons (Fsp3) is 0.611. The average molecular weight is 324 g/mol.